The highest BCUT2D eigenvalue weighted by molar-refractivity contribution is 14.0. The number of hydrogen-bond donors (Lipinski definition) is 2. The van der Waals surface area contributed by atoms with Crippen molar-refractivity contribution in [2.45, 2.75) is 19.0 Å². The zero-order chi connectivity index (χ0) is 19.4. The molecule has 1 heterocycles. The Labute approximate surface area is 178 Å². The summed E-state index contributed by atoms with van der Waals surface area (Å²) < 4.78 is 54.8. The van der Waals surface area contributed by atoms with Crippen LogP contribution in [0, 0.1) is 23.3 Å². The van der Waals surface area contributed by atoms with Gasteiger partial charge in [-0.25, -0.2) is 17.6 Å². The van der Waals surface area contributed by atoms with Crippen molar-refractivity contribution in [2.75, 3.05) is 25.0 Å². The second-order valence-electron chi connectivity index (χ2n) is 6.31. The Morgan fingerprint density at radius 3 is 2.50 bits per heavy atom. The molecule has 2 N–H and O–H groups in total. The van der Waals surface area contributed by atoms with E-state index in [4.69, 9.17) is 0 Å². The lowest BCUT2D eigenvalue weighted by molar-refractivity contribution is 0.574. The molecule has 0 saturated carbocycles. The van der Waals surface area contributed by atoms with E-state index in [0.29, 0.717) is 25.5 Å². The average Bonchev–Trinajstić information content (AvgIpc) is 3.09. The third kappa shape index (κ3) is 5.27. The van der Waals surface area contributed by atoms with Crippen LogP contribution < -0.4 is 15.5 Å². The van der Waals surface area contributed by atoms with Crippen molar-refractivity contribution in [3.63, 3.8) is 0 Å². The number of para-hydroxylation sites is 1. The SMILES string of the molecule is CN=C(NCc1cc(F)ccc1F)NC1CCN(c2c(F)cccc2F)C1.I. The van der Waals surface area contributed by atoms with Crippen LogP contribution in [-0.4, -0.2) is 32.1 Å². The minimum Gasteiger partial charge on any atom is -0.365 e. The maximum Gasteiger partial charge on any atom is 0.191 e. The van der Waals surface area contributed by atoms with Gasteiger partial charge in [-0.15, -0.1) is 24.0 Å². The van der Waals surface area contributed by atoms with E-state index in [-0.39, 0.29) is 47.8 Å². The second kappa shape index (κ2) is 9.94. The van der Waals surface area contributed by atoms with Gasteiger partial charge >= 0.3 is 0 Å². The molecule has 1 saturated heterocycles. The van der Waals surface area contributed by atoms with Crippen molar-refractivity contribution in [2.24, 2.45) is 4.99 Å². The molecule has 2 aromatic rings. The molecule has 1 aliphatic heterocycles. The Hall–Kier alpha value is -2.04. The highest BCUT2D eigenvalue weighted by Gasteiger charge is 2.27. The van der Waals surface area contributed by atoms with Gasteiger partial charge in [0.05, 0.1) is 0 Å². The lowest BCUT2D eigenvalue weighted by Gasteiger charge is -2.21. The summed E-state index contributed by atoms with van der Waals surface area (Å²) in [6.07, 6.45) is 0.656. The topological polar surface area (TPSA) is 39.7 Å². The number of nitrogens with one attached hydrogen (secondary N) is 2. The van der Waals surface area contributed by atoms with Gasteiger partial charge in [-0.2, -0.15) is 0 Å². The lowest BCUT2D eigenvalue weighted by Crippen LogP contribution is -2.44. The van der Waals surface area contributed by atoms with E-state index in [1.54, 1.807) is 11.9 Å². The summed E-state index contributed by atoms with van der Waals surface area (Å²) in [7, 11) is 1.56. The summed E-state index contributed by atoms with van der Waals surface area (Å²) in [5.41, 5.74) is 0.144. The number of hydrogen-bond acceptors (Lipinski definition) is 2. The Balaban J connectivity index is 0.00000280. The summed E-state index contributed by atoms with van der Waals surface area (Å²) in [6.45, 7) is 0.944. The smallest absolute Gasteiger partial charge is 0.191 e. The van der Waals surface area contributed by atoms with E-state index in [0.717, 1.165) is 18.2 Å². The van der Waals surface area contributed by atoms with Crippen LogP contribution in [0.15, 0.2) is 41.4 Å². The van der Waals surface area contributed by atoms with Crippen LogP contribution in [0.1, 0.15) is 12.0 Å². The quantitative estimate of drug-likeness (QED) is 0.286. The first-order valence-electron chi connectivity index (χ1n) is 8.58. The number of anilines is 1. The van der Waals surface area contributed by atoms with Gasteiger partial charge in [0.15, 0.2) is 5.96 Å². The highest BCUT2D eigenvalue weighted by atomic mass is 127. The lowest BCUT2D eigenvalue weighted by atomic mass is 10.2. The molecule has 1 atom stereocenters. The molecule has 0 aromatic heterocycles. The van der Waals surface area contributed by atoms with E-state index < -0.39 is 23.3 Å². The van der Waals surface area contributed by atoms with Crippen molar-refractivity contribution >= 4 is 35.6 Å². The normalized spacial score (nSPS) is 16.7. The molecule has 1 fully saturated rings. The molecule has 0 bridgehead atoms. The molecule has 28 heavy (non-hydrogen) atoms. The molecule has 9 heteroatoms. The van der Waals surface area contributed by atoms with Gasteiger partial charge in [0.25, 0.3) is 0 Å². The largest absolute Gasteiger partial charge is 0.365 e. The molecule has 4 nitrogen and oxygen atoms in total. The second-order valence-corrected chi connectivity index (χ2v) is 6.31. The number of aliphatic imine (C=N–C) groups is 1. The molecule has 152 valence electrons. The molecule has 1 aliphatic rings. The first-order chi connectivity index (χ1) is 13.0. The monoisotopic (exact) mass is 508 g/mol. The molecular formula is C19H21F4IN4. The number of nitrogens with zero attached hydrogens (tertiary/aromatic N) is 2. The number of benzene rings is 2. The Bertz CT molecular complexity index is 826. The molecule has 0 aliphatic carbocycles. The molecule has 0 amide bonds. The van der Waals surface area contributed by atoms with Crippen LogP contribution >= 0.6 is 24.0 Å². The van der Waals surface area contributed by atoms with Gasteiger partial charge in [0, 0.05) is 38.3 Å². The number of rotatable bonds is 4. The van der Waals surface area contributed by atoms with Gasteiger partial charge in [0.1, 0.15) is 29.0 Å². The van der Waals surface area contributed by atoms with Crippen LogP contribution in [0.25, 0.3) is 0 Å². The predicted molar refractivity (Wildman–Crippen MR) is 112 cm³/mol. The molecule has 1 unspecified atom stereocenters. The van der Waals surface area contributed by atoms with E-state index in [1.165, 1.54) is 18.2 Å². The summed E-state index contributed by atoms with van der Waals surface area (Å²) in [5, 5.41) is 6.07. The summed E-state index contributed by atoms with van der Waals surface area (Å²) >= 11 is 0. The fraction of sp³-hybridized carbons (Fsp3) is 0.316. The van der Waals surface area contributed by atoms with E-state index >= 15 is 0 Å². The predicted octanol–water partition coefficient (Wildman–Crippen LogP) is 3.80. The van der Waals surface area contributed by atoms with Gasteiger partial charge in [-0.1, -0.05) is 6.07 Å². The van der Waals surface area contributed by atoms with Crippen molar-refractivity contribution < 1.29 is 17.6 Å². The van der Waals surface area contributed by atoms with Gasteiger partial charge in [-0.3, -0.25) is 4.99 Å². The maximum atomic E-state index is 13.9. The molecule has 2 aromatic carbocycles. The Kier molecular flexibility index (Phi) is 7.90. The van der Waals surface area contributed by atoms with Crippen molar-refractivity contribution in [3.8, 4) is 0 Å². The molecule has 0 radical (unpaired) electrons. The summed E-state index contributed by atoms with van der Waals surface area (Å²) in [6, 6.07) is 6.94. The molecule has 3 rings (SSSR count). The van der Waals surface area contributed by atoms with Crippen molar-refractivity contribution in [1.29, 1.82) is 0 Å². The zero-order valence-electron chi connectivity index (χ0n) is 15.2. The fourth-order valence-corrected chi connectivity index (χ4v) is 3.12. The van der Waals surface area contributed by atoms with Gasteiger partial charge in [0.2, 0.25) is 0 Å². The maximum absolute atomic E-state index is 13.9. The third-order valence-electron chi connectivity index (χ3n) is 4.46. The summed E-state index contributed by atoms with van der Waals surface area (Å²) in [4.78, 5) is 5.70. The standard InChI is InChI=1S/C19H20F4N4.HI/c1-24-19(25-10-12-9-13(20)5-6-15(12)21)26-14-7-8-27(11-14)18-16(22)3-2-4-17(18)23;/h2-6,9,14H,7-8,10-11H2,1H3,(H2,24,25,26);1H. The van der Waals surface area contributed by atoms with Crippen LogP contribution in [0.2, 0.25) is 0 Å². The van der Waals surface area contributed by atoms with Crippen LogP contribution in [0.5, 0.6) is 0 Å². The van der Waals surface area contributed by atoms with Crippen molar-refractivity contribution in [3.05, 3.63) is 65.2 Å². The van der Waals surface area contributed by atoms with E-state index in [2.05, 4.69) is 15.6 Å². The third-order valence-corrected chi connectivity index (χ3v) is 4.46. The molecular weight excluding hydrogens is 487 g/mol. The van der Waals surface area contributed by atoms with Gasteiger partial charge in [-0.05, 0) is 36.8 Å². The minimum absolute atomic E-state index is 0. The van der Waals surface area contributed by atoms with Crippen LogP contribution in [0.3, 0.4) is 0 Å². The number of guanidine groups is 1. The van der Waals surface area contributed by atoms with E-state index in [1.807, 2.05) is 0 Å². The van der Waals surface area contributed by atoms with Crippen molar-refractivity contribution in [1.82, 2.24) is 10.6 Å². The van der Waals surface area contributed by atoms with Crippen LogP contribution in [-0.2, 0) is 6.54 Å². The number of halogens is 5. The summed E-state index contributed by atoms with van der Waals surface area (Å²) in [5.74, 6) is -1.82. The van der Waals surface area contributed by atoms with E-state index in [9.17, 15) is 17.6 Å². The Morgan fingerprint density at radius 2 is 1.82 bits per heavy atom. The Morgan fingerprint density at radius 1 is 1.11 bits per heavy atom. The average molecular weight is 508 g/mol. The zero-order valence-corrected chi connectivity index (χ0v) is 17.5. The fourth-order valence-electron chi connectivity index (χ4n) is 3.12. The minimum atomic E-state index is -0.597. The first-order valence-corrected chi connectivity index (χ1v) is 8.58. The van der Waals surface area contributed by atoms with Gasteiger partial charge < -0.3 is 15.5 Å². The molecule has 0 spiro atoms. The van der Waals surface area contributed by atoms with Crippen LogP contribution in [0.4, 0.5) is 23.2 Å². The highest BCUT2D eigenvalue weighted by Crippen LogP contribution is 2.26. The first kappa shape index (κ1) is 22.3.